The third kappa shape index (κ3) is 5.91. The molecule has 29 heavy (non-hydrogen) atoms. The lowest BCUT2D eigenvalue weighted by Gasteiger charge is -2.11. The van der Waals surface area contributed by atoms with E-state index in [2.05, 4.69) is 10.1 Å². The number of benzene rings is 1. The van der Waals surface area contributed by atoms with Gasteiger partial charge in [0, 0.05) is 31.6 Å². The van der Waals surface area contributed by atoms with Crippen molar-refractivity contribution in [1.82, 2.24) is 4.57 Å². The zero-order chi connectivity index (χ0) is 21.4. The molecule has 1 N–H and O–H groups in total. The summed E-state index contributed by atoms with van der Waals surface area (Å²) in [6, 6.07) is 5.90. The second-order valence-corrected chi connectivity index (χ2v) is 6.44. The summed E-state index contributed by atoms with van der Waals surface area (Å²) in [6.45, 7) is 1.87. The lowest BCUT2D eigenvalue weighted by molar-refractivity contribution is -0.140. The zero-order valence-corrected chi connectivity index (χ0v) is 16.8. The summed E-state index contributed by atoms with van der Waals surface area (Å²) in [4.78, 5) is 36.0. The molecule has 0 aliphatic heterocycles. The normalized spacial score (nSPS) is 10.5. The van der Waals surface area contributed by atoms with Gasteiger partial charge in [-0.05, 0) is 37.5 Å². The maximum absolute atomic E-state index is 13.7. The number of hydrogen-bond donors (Lipinski definition) is 1. The number of esters is 2. The number of rotatable bonds is 9. The van der Waals surface area contributed by atoms with Crippen LogP contribution >= 0.6 is 0 Å². The number of carbonyl (C=O) groups is 3. The minimum atomic E-state index is -0.585. The van der Waals surface area contributed by atoms with Crippen LogP contribution in [-0.4, -0.2) is 36.1 Å². The molecule has 0 fully saturated rings. The molecule has 0 bridgehead atoms. The van der Waals surface area contributed by atoms with E-state index in [-0.39, 0.29) is 42.7 Å². The molecule has 0 spiro atoms. The van der Waals surface area contributed by atoms with E-state index in [9.17, 15) is 18.8 Å². The molecular formula is C21H25FN2O5. The maximum atomic E-state index is 13.7. The van der Waals surface area contributed by atoms with Gasteiger partial charge in [0.25, 0.3) is 0 Å². The average molecular weight is 404 g/mol. The van der Waals surface area contributed by atoms with Crippen molar-refractivity contribution < 1.29 is 28.2 Å². The number of halogens is 1. The number of aryl methyl sites for hydroxylation is 1. The van der Waals surface area contributed by atoms with Gasteiger partial charge in [-0.25, -0.2) is 9.18 Å². The molecule has 0 atom stereocenters. The molecule has 0 unspecified atom stereocenters. The van der Waals surface area contributed by atoms with E-state index >= 15 is 0 Å². The number of unbranched alkanes of at least 4 members (excludes halogenated alkanes) is 1. The van der Waals surface area contributed by atoms with Crippen LogP contribution < -0.4 is 5.32 Å². The smallest absolute Gasteiger partial charge is 0.357 e. The first-order valence-electron chi connectivity index (χ1n) is 9.36. The first kappa shape index (κ1) is 22.1. The Balaban J connectivity index is 2.26. The zero-order valence-electron chi connectivity index (χ0n) is 16.8. The van der Waals surface area contributed by atoms with Gasteiger partial charge < -0.3 is 19.4 Å². The molecule has 0 saturated heterocycles. The molecule has 0 saturated carbocycles. The van der Waals surface area contributed by atoms with E-state index in [4.69, 9.17) is 4.74 Å². The van der Waals surface area contributed by atoms with Crippen molar-refractivity contribution in [3.63, 3.8) is 0 Å². The molecular weight excluding hydrogens is 379 g/mol. The maximum Gasteiger partial charge on any atom is 0.357 e. The van der Waals surface area contributed by atoms with E-state index in [1.54, 1.807) is 36.9 Å². The second kappa shape index (κ2) is 10.4. The van der Waals surface area contributed by atoms with E-state index < -0.39 is 11.8 Å². The van der Waals surface area contributed by atoms with Gasteiger partial charge in [-0.1, -0.05) is 12.1 Å². The second-order valence-electron chi connectivity index (χ2n) is 6.44. The van der Waals surface area contributed by atoms with Gasteiger partial charge in [0.15, 0.2) is 5.69 Å². The Morgan fingerprint density at radius 2 is 1.90 bits per heavy atom. The fourth-order valence-electron chi connectivity index (χ4n) is 2.93. The summed E-state index contributed by atoms with van der Waals surface area (Å²) in [5, 5.41) is 2.76. The van der Waals surface area contributed by atoms with E-state index in [0.29, 0.717) is 24.0 Å². The molecule has 1 aromatic carbocycles. The molecule has 0 aliphatic carbocycles. The molecule has 1 aromatic heterocycles. The molecule has 2 aromatic rings. The molecule has 8 heteroatoms. The average Bonchev–Trinajstić information content (AvgIpc) is 3.01. The first-order valence-corrected chi connectivity index (χ1v) is 9.36. The van der Waals surface area contributed by atoms with Gasteiger partial charge in [-0.15, -0.1) is 0 Å². The molecule has 1 amide bonds. The third-order valence-electron chi connectivity index (χ3n) is 4.31. The highest BCUT2D eigenvalue weighted by molar-refractivity contribution is 6.05. The van der Waals surface area contributed by atoms with Crippen molar-refractivity contribution in [2.45, 2.75) is 32.6 Å². The van der Waals surface area contributed by atoms with Gasteiger partial charge in [-0.3, -0.25) is 9.59 Å². The van der Waals surface area contributed by atoms with E-state index in [1.807, 2.05) is 0 Å². The van der Waals surface area contributed by atoms with Crippen LogP contribution in [0.15, 0.2) is 30.5 Å². The molecule has 0 radical (unpaired) electrons. The minimum Gasteiger partial charge on any atom is -0.469 e. The van der Waals surface area contributed by atoms with Crippen LogP contribution in [0.3, 0.4) is 0 Å². The number of amides is 1. The molecule has 2 rings (SSSR count). The fraction of sp³-hybridized carbons (Fsp3) is 0.381. The van der Waals surface area contributed by atoms with Crippen molar-refractivity contribution in [3.8, 4) is 11.1 Å². The lowest BCUT2D eigenvalue weighted by atomic mass is 10.1. The Bertz CT molecular complexity index is 891. The van der Waals surface area contributed by atoms with Crippen molar-refractivity contribution in [2.24, 2.45) is 7.05 Å². The van der Waals surface area contributed by atoms with Crippen molar-refractivity contribution in [2.75, 3.05) is 19.0 Å². The van der Waals surface area contributed by atoms with E-state index in [0.717, 1.165) is 0 Å². The predicted octanol–water partition coefficient (Wildman–Crippen LogP) is 3.68. The summed E-state index contributed by atoms with van der Waals surface area (Å²) in [6.07, 6.45) is 3.04. The number of aromatic nitrogens is 1. The van der Waals surface area contributed by atoms with Crippen LogP contribution in [-0.2, 0) is 26.1 Å². The Morgan fingerprint density at radius 3 is 2.55 bits per heavy atom. The van der Waals surface area contributed by atoms with Crippen molar-refractivity contribution >= 4 is 23.5 Å². The van der Waals surface area contributed by atoms with Gasteiger partial charge in [-0.2, -0.15) is 0 Å². The van der Waals surface area contributed by atoms with Crippen LogP contribution in [0, 0.1) is 5.82 Å². The Kier molecular flexibility index (Phi) is 7.94. The van der Waals surface area contributed by atoms with Crippen molar-refractivity contribution in [1.29, 1.82) is 0 Å². The van der Waals surface area contributed by atoms with Crippen LogP contribution in [0.2, 0.25) is 0 Å². The standard InChI is InChI=1S/C21H25FN2O5/c1-4-29-21(27)20-19(23-17(25)10-5-6-11-18(26)28-3)16(13-24(20)2)14-8-7-9-15(22)12-14/h7-9,12-13H,4-6,10-11H2,1-3H3,(H,23,25). The fourth-order valence-corrected chi connectivity index (χ4v) is 2.93. The van der Waals surface area contributed by atoms with Gasteiger partial charge in [0.05, 0.1) is 19.4 Å². The van der Waals surface area contributed by atoms with Crippen LogP contribution in [0.1, 0.15) is 43.1 Å². The third-order valence-corrected chi connectivity index (χ3v) is 4.31. The molecule has 156 valence electrons. The topological polar surface area (TPSA) is 86.6 Å². The number of methoxy groups -OCH3 is 1. The highest BCUT2D eigenvalue weighted by Gasteiger charge is 2.24. The summed E-state index contributed by atoms with van der Waals surface area (Å²) in [5.41, 5.74) is 1.48. The van der Waals surface area contributed by atoms with Crippen molar-refractivity contribution in [3.05, 3.63) is 42.0 Å². The molecule has 7 nitrogen and oxygen atoms in total. The lowest BCUT2D eigenvalue weighted by Crippen LogP contribution is -2.17. The number of hydrogen-bond acceptors (Lipinski definition) is 5. The monoisotopic (exact) mass is 404 g/mol. The summed E-state index contributed by atoms with van der Waals surface area (Å²) < 4.78 is 24.9. The Morgan fingerprint density at radius 1 is 1.17 bits per heavy atom. The molecule has 0 aliphatic rings. The highest BCUT2D eigenvalue weighted by Crippen LogP contribution is 2.34. The quantitative estimate of drug-likeness (QED) is 0.509. The summed E-state index contributed by atoms with van der Waals surface area (Å²) in [7, 11) is 2.97. The van der Waals surface area contributed by atoms with Crippen LogP contribution in [0.4, 0.5) is 10.1 Å². The van der Waals surface area contributed by atoms with Gasteiger partial charge in [0.1, 0.15) is 5.82 Å². The number of ether oxygens (including phenoxy) is 2. The van der Waals surface area contributed by atoms with Gasteiger partial charge >= 0.3 is 11.9 Å². The number of nitrogens with zero attached hydrogens (tertiary/aromatic N) is 1. The van der Waals surface area contributed by atoms with E-state index in [1.165, 1.54) is 19.2 Å². The predicted molar refractivity (Wildman–Crippen MR) is 106 cm³/mol. The first-order chi connectivity index (χ1) is 13.9. The highest BCUT2D eigenvalue weighted by atomic mass is 19.1. The van der Waals surface area contributed by atoms with Crippen LogP contribution in [0.25, 0.3) is 11.1 Å². The Labute approximate surface area is 168 Å². The summed E-state index contributed by atoms with van der Waals surface area (Å²) in [5.74, 6) is -1.65. The SMILES string of the molecule is CCOC(=O)c1c(NC(=O)CCCCC(=O)OC)c(-c2cccc(F)c2)cn1C. The number of anilines is 1. The largest absolute Gasteiger partial charge is 0.469 e. The number of nitrogens with one attached hydrogen (secondary N) is 1. The molecule has 1 heterocycles. The minimum absolute atomic E-state index is 0.163. The summed E-state index contributed by atoms with van der Waals surface area (Å²) >= 11 is 0. The number of carbonyl (C=O) groups excluding carboxylic acids is 3. The van der Waals surface area contributed by atoms with Gasteiger partial charge in [0.2, 0.25) is 5.91 Å². The Hall–Kier alpha value is -3.16. The van der Waals surface area contributed by atoms with Crippen LogP contribution in [0.5, 0.6) is 0 Å².